The Morgan fingerprint density at radius 2 is 1.95 bits per heavy atom. The highest BCUT2D eigenvalue weighted by molar-refractivity contribution is 6.42. The van der Waals surface area contributed by atoms with Crippen molar-refractivity contribution in [3.63, 3.8) is 0 Å². The number of benzene rings is 2. The Morgan fingerprint density at radius 3 is 2.68 bits per heavy atom. The molecule has 0 amide bonds. The summed E-state index contributed by atoms with van der Waals surface area (Å²) in [6, 6.07) is 9.62. The van der Waals surface area contributed by atoms with Crippen molar-refractivity contribution in [1.29, 1.82) is 0 Å². The summed E-state index contributed by atoms with van der Waals surface area (Å²) >= 11 is 12.0. The van der Waals surface area contributed by atoms with Crippen molar-refractivity contribution in [2.45, 2.75) is 19.4 Å². The molecule has 0 saturated heterocycles. The molecule has 19 heavy (non-hydrogen) atoms. The van der Waals surface area contributed by atoms with Crippen molar-refractivity contribution in [3.05, 3.63) is 69.0 Å². The minimum absolute atomic E-state index is 0.295. The van der Waals surface area contributed by atoms with Crippen LogP contribution in [0, 0.1) is 12.7 Å². The van der Waals surface area contributed by atoms with Gasteiger partial charge in [0.25, 0.3) is 0 Å². The van der Waals surface area contributed by atoms with Crippen LogP contribution in [0.4, 0.5) is 4.39 Å². The number of rotatable bonds is 3. The number of aliphatic hydroxyl groups excluding tert-OH is 1. The Balaban J connectivity index is 2.28. The third kappa shape index (κ3) is 3.27. The molecular weight excluding hydrogens is 286 g/mol. The maximum absolute atomic E-state index is 13.2. The van der Waals surface area contributed by atoms with Gasteiger partial charge in [-0.2, -0.15) is 0 Å². The zero-order chi connectivity index (χ0) is 14.0. The van der Waals surface area contributed by atoms with Crippen LogP contribution in [0.2, 0.25) is 10.0 Å². The van der Waals surface area contributed by atoms with E-state index in [4.69, 9.17) is 23.2 Å². The van der Waals surface area contributed by atoms with E-state index in [1.54, 1.807) is 24.3 Å². The van der Waals surface area contributed by atoms with Crippen LogP contribution in [-0.4, -0.2) is 5.11 Å². The molecule has 2 rings (SSSR count). The van der Waals surface area contributed by atoms with Crippen LogP contribution < -0.4 is 0 Å². The van der Waals surface area contributed by atoms with Gasteiger partial charge in [-0.15, -0.1) is 0 Å². The molecule has 100 valence electrons. The molecule has 0 radical (unpaired) electrons. The molecule has 0 aliphatic carbocycles. The predicted octanol–water partition coefficient (Wildman–Crippen LogP) is 4.72. The monoisotopic (exact) mass is 298 g/mol. The van der Waals surface area contributed by atoms with Crippen LogP contribution in [0.15, 0.2) is 36.4 Å². The number of hydrogen-bond donors (Lipinski definition) is 1. The van der Waals surface area contributed by atoms with Gasteiger partial charge in [-0.3, -0.25) is 0 Å². The molecule has 1 N–H and O–H groups in total. The van der Waals surface area contributed by atoms with Gasteiger partial charge in [-0.05, 0) is 36.2 Å². The highest BCUT2D eigenvalue weighted by Crippen LogP contribution is 2.31. The van der Waals surface area contributed by atoms with Crippen molar-refractivity contribution < 1.29 is 9.50 Å². The van der Waals surface area contributed by atoms with Crippen LogP contribution in [-0.2, 0) is 6.42 Å². The first-order valence-corrected chi connectivity index (χ1v) is 6.61. The van der Waals surface area contributed by atoms with Gasteiger partial charge in [0.15, 0.2) is 0 Å². The molecule has 0 saturated carbocycles. The molecule has 2 aromatic carbocycles. The van der Waals surface area contributed by atoms with Crippen molar-refractivity contribution in [2.75, 3.05) is 0 Å². The predicted molar refractivity (Wildman–Crippen MR) is 76.3 cm³/mol. The highest BCUT2D eigenvalue weighted by atomic mass is 35.5. The average molecular weight is 299 g/mol. The third-order valence-corrected chi connectivity index (χ3v) is 3.90. The fourth-order valence-corrected chi connectivity index (χ4v) is 2.39. The van der Waals surface area contributed by atoms with E-state index >= 15 is 0 Å². The van der Waals surface area contributed by atoms with E-state index in [2.05, 4.69) is 0 Å². The average Bonchev–Trinajstić information content (AvgIpc) is 2.37. The lowest BCUT2D eigenvalue weighted by Crippen LogP contribution is -2.04. The second-order valence-corrected chi connectivity index (χ2v) is 5.22. The molecular formula is C15H13Cl2FO. The molecule has 0 bridgehead atoms. The van der Waals surface area contributed by atoms with E-state index in [9.17, 15) is 9.50 Å². The van der Waals surface area contributed by atoms with E-state index < -0.39 is 6.10 Å². The van der Waals surface area contributed by atoms with E-state index in [1.165, 1.54) is 12.1 Å². The number of aliphatic hydroxyl groups is 1. The summed E-state index contributed by atoms with van der Waals surface area (Å²) in [5, 5.41) is 11.0. The lowest BCUT2D eigenvalue weighted by molar-refractivity contribution is 0.178. The van der Waals surface area contributed by atoms with Crippen LogP contribution in [0.3, 0.4) is 0 Å². The Labute approximate surface area is 121 Å². The summed E-state index contributed by atoms with van der Waals surface area (Å²) in [6.07, 6.45) is -0.518. The molecule has 4 heteroatoms. The summed E-state index contributed by atoms with van der Waals surface area (Å²) in [5.41, 5.74) is 2.24. The van der Waals surface area contributed by atoms with Gasteiger partial charge in [0, 0.05) is 12.0 Å². The van der Waals surface area contributed by atoms with Crippen molar-refractivity contribution >= 4 is 23.2 Å². The fourth-order valence-electron chi connectivity index (χ4n) is 1.96. The normalized spacial score (nSPS) is 12.5. The molecule has 1 nitrogen and oxygen atoms in total. The first-order chi connectivity index (χ1) is 8.99. The zero-order valence-electron chi connectivity index (χ0n) is 10.3. The fraction of sp³-hybridized carbons (Fsp3) is 0.200. The van der Waals surface area contributed by atoms with Crippen molar-refractivity contribution in [2.24, 2.45) is 0 Å². The Morgan fingerprint density at radius 1 is 1.21 bits per heavy atom. The van der Waals surface area contributed by atoms with Gasteiger partial charge in [0.1, 0.15) is 5.82 Å². The summed E-state index contributed by atoms with van der Waals surface area (Å²) in [7, 11) is 0. The smallest absolute Gasteiger partial charge is 0.123 e. The Bertz CT molecular complexity index is 599. The third-order valence-electron chi connectivity index (χ3n) is 3.06. The SMILES string of the molecule is Cc1ccc(F)cc1CC(O)c1cccc(Cl)c1Cl. The van der Waals surface area contributed by atoms with E-state index in [0.717, 1.165) is 11.1 Å². The van der Waals surface area contributed by atoms with Gasteiger partial charge in [0.05, 0.1) is 16.1 Å². The number of halogens is 3. The first-order valence-electron chi connectivity index (χ1n) is 5.86. The lowest BCUT2D eigenvalue weighted by Gasteiger charge is -2.15. The lowest BCUT2D eigenvalue weighted by atomic mass is 9.98. The van der Waals surface area contributed by atoms with Gasteiger partial charge < -0.3 is 5.11 Å². The molecule has 0 heterocycles. The van der Waals surface area contributed by atoms with Crippen molar-refractivity contribution in [1.82, 2.24) is 0 Å². The summed E-state index contributed by atoms with van der Waals surface area (Å²) < 4.78 is 13.2. The summed E-state index contributed by atoms with van der Waals surface area (Å²) in [6.45, 7) is 1.88. The minimum Gasteiger partial charge on any atom is -0.388 e. The zero-order valence-corrected chi connectivity index (χ0v) is 11.8. The second-order valence-electron chi connectivity index (χ2n) is 4.43. The highest BCUT2D eigenvalue weighted by Gasteiger charge is 2.15. The van der Waals surface area contributed by atoms with E-state index in [0.29, 0.717) is 22.0 Å². The minimum atomic E-state index is -0.813. The Kier molecular flexibility index (Phi) is 4.46. The van der Waals surface area contributed by atoms with Gasteiger partial charge >= 0.3 is 0 Å². The van der Waals surface area contributed by atoms with Gasteiger partial charge in [-0.1, -0.05) is 41.4 Å². The molecule has 1 unspecified atom stereocenters. The van der Waals surface area contributed by atoms with Crippen LogP contribution in [0.5, 0.6) is 0 Å². The number of aryl methyl sites for hydroxylation is 1. The first kappa shape index (κ1) is 14.3. The molecule has 2 aromatic rings. The summed E-state index contributed by atoms with van der Waals surface area (Å²) in [4.78, 5) is 0. The largest absolute Gasteiger partial charge is 0.388 e. The van der Waals surface area contributed by atoms with E-state index in [-0.39, 0.29) is 5.82 Å². The molecule has 0 aromatic heterocycles. The standard InChI is InChI=1S/C15H13Cl2FO/c1-9-5-6-11(18)7-10(9)8-14(19)12-3-2-4-13(16)15(12)17/h2-7,14,19H,8H2,1H3. The van der Waals surface area contributed by atoms with Crippen LogP contribution in [0.1, 0.15) is 22.8 Å². The molecule has 0 aliphatic heterocycles. The topological polar surface area (TPSA) is 20.2 Å². The van der Waals surface area contributed by atoms with Crippen molar-refractivity contribution in [3.8, 4) is 0 Å². The molecule has 1 atom stereocenters. The molecule has 0 spiro atoms. The second kappa shape index (κ2) is 5.91. The van der Waals surface area contributed by atoms with Gasteiger partial charge in [-0.25, -0.2) is 4.39 Å². The summed E-state index contributed by atoms with van der Waals surface area (Å²) in [5.74, 6) is -0.315. The quantitative estimate of drug-likeness (QED) is 0.869. The van der Waals surface area contributed by atoms with Gasteiger partial charge in [0.2, 0.25) is 0 Å². The van der Waals surface area contributed by atoms with E-state index in [1.807, 2.05) is 6.92 Å². The number of hydrogen-bond acceptors (Lipinski definition) is 1. The molecule has 0 fully saturated rings. The van der Waals surface area contributed by atoms with Crippen LogP contribution >= 0.6 is 23.2 Å². The Hall–Kier alpha value is -1.09. The maximum atomic E-state index is 13.2. The molecule has 0 aliphatic rings. The maximum Gasteiger partial charge on any atom is 0.123 e. The van der Waals surface area contributed by atoms with Crippen LogP contribution in [0.25, 0.3) is 0 Å².